The second-order valence-electron chi connectivity index (χ2n) is 2.48. The van der Waals surface area contributed by atoms with Gasteiger partial charge in [0.25, 0.3) is 0 Å². The van der Waals surface area contributed by atoms with Gasteiger partial charge in [-0.25, -0.2) is 0 Å². The minimum atomic E-state index is -0.375. The van der Waals surface area contributed by atoms with Crippen LogP contribution in [0.1, 0.15) is 19.8 Å². The van der Waals surface area contributed by atoms with Crippen LogP contribution in [0.2, 0.25) is 4.44 Å². The zero-order valence-electron chi connectivity index (χ0n) is 6.76. The Kier molecular flexibility index (Phi) is 7.31. The molecule has 0 amide bonds. The first kappa shape index (κ1) is 11.4. The third-order valence-electron chi connectivity index (χ3n) is 1.28. The van der Waals surface area contributed by atoms with Crippen molar-refractivity contribution in [3.05, 3.63) is 0 Å². The van der Waals surface area contributed by atoms with Crippen LogP contribution in [0.15, 0.2) is 0 Å². The summed E-state index contributed by atoms with van der Waals surface area (Å²) in [6.07, 6.45) is 1.06. The molecule has 0 aromatic rings. The predicted molar refractivity (Wildman–Crippen MR) is 44.5 cm³/mol. The van der Waals surface area contributed by atoms with Crippen LogP contribution < -0.4 is 5.32 Å². The summed E-state index contributed by atoms with van der Waals surface area (Å²) in [6.45, 7) is 2.32. The Bertz CT molecular complexity index is 119. The quantitative estimate of drug-likeness (QED) is 0.398. The molecular weight excluding hydrogens is 249 g/mol. The predicted octanol–water partition coefficient (Wildman–Crippen LogP) is -0.150. The SMILES string of the molecule is CC(=O)CCCNC(O)[CH2][Sn]. The molecule has 0 spiro atoms. The van der Waals surface area contributed by atoms with Crippen LogP contribution >= 0.6 is 0 Å². The van der Waals surface area contributed by atoms with Gasteiger partial charge in [-0.3, -0.25) is 0 Å². The number of aliphatic hydroxyl groups excluding tert-OH is 1. The fraction of sp³-hybridized carbons (Fsp3) is 0.857. The molecule has 0 saturated heterocycles. The van der Waals surface area contributed by atoms with Gasteiger partial charge in [0.1, 0.15) is 0 Å². The summed E-state index contributed by atoms with van der Waals surface area (Å²) in [5, 5.41) is 12.0. The Morgan fingerprint density at radius 2 is 2.36 bits per heavy atom. The molecule has 0 bridgehead atoms. The number of Topliss-reactive ketones (excluding diaryl/α,β-unsaturated/α-hetero) is 1. The van der Waals surface area contributed by atoms with Gasteiger partial charge in [-0.15, -0.1) is 0 Å². The van der Waals surface area contributed by atoms with E-state index >= 15 is 0 Å². The Morgan fingerprint density at radius 3 is 2.82 bits per heavy atom. The summed E-state index contributed by atoms with van der Waals surface area (Å²) in [6, 6.07) is 0. The number of carbonyl (C=O) groups excluding carboxylic acids is 1. The molecule has 0 heterocycles. The van der Waals surface area contributed by atoms with Gasteiger partial charge in [0.2, 0.25) is 0 Å². The van der Waals surface area contributed by atoms with E-state index in [2.05, 4.69) is 5.32 Å². The normalized spacial score (nSPS) is 13.0. The van der Waals surface area contributed by atoms with Gasteiger partial charge in [-0.2, -0.15) is 0 Å². The molecule has 11 heavy (non-hydrogen) atoms. The van der Waals surface area contributed by atoms with E-state index in [1.54, 1.807) is 6.92 Å². The van der Waals surface area contributed by atoms with Crippen molar-refractivity contribution in [1.82, 2.24) is 5.32 Å². The summed E-state index contributed by atoms with van der Waals surface area (Å²) in [5.74, 6) is 0.212. The van der Waals surface area contributed by atoms with Gasteiger partial charge in [-0.05, 0) is 0 Å². The summed E-state index contributed by atoms with van der Waals surface area (Å²) in [7, 11) is 0. The monoisotopic (exact) mass is 264 g/mol. The summed E-state index contributed by atoms with van der Waals surface area (Å²) < 4.78 is 0.798. The zero-order valence-corrected chi connectivity index (χ0v) is 9.62. The van der Waals surface area contributed by atoms with Crippen LogP contribution in [0.4, 0.5) is 0 Å². The molecule has 0 aliphatic heterocycles. The molecule has 63 valence electrons. The number of nitrogens with one attached hydrogen (secondary N) is 1. The molecule has 2 N–H and O–H groups in total. The van der Waals surface area contributed by atoms with E-state index in [1.807, 2.05) is 0 Å². The van der Waals surface area contributed by atoms with Crippen LogP contribution in [0.3, 0.4) is 0 Å². The standard InChI is InChI=1S/C7H14NO2.Sn/c1-6(9)4-3-5-8-7(2)10;/h7-8,10H,2-5H2,1H3;. The van der Waals surface area contributed by atoms with Crippen molar-refractivity contribution in [3.63, 3.8) is 0 Å². The van der Waals surface area contributed by atoms with Crippen molar-refractivity contribution in [2.24, 2.45) is 0 Å². The third-order valence-corrected chi connectivity index (χ3v) is 2.38. The molecule has 3 nitrogen and oxygen atoms in total. The average molecular weight is 263 g/mol. The Morgan fingerprint density at radius 1 is 1.73 bits per heavy atom. The molecule has 1 unspecified atom stereocenters. The molecule has 4 heteroatoms. The van der Waals surface area contributed by atoms with Crippen LogP contribution in [-0.4, -0.2) is 46.2 Å². The van der Waals surface area contributed by atoms with E-state index in [1.165, 1.54) is 22.5 Å². The number of hydrogen-bond acceptors (Lipinski definition) is 3. The molecule has 0 fully saturated rings. The van der Waals surface area contributed by atoms with Gasteiger partial charge in [-0.1, -0.05) is 0 Å². The van der Waals surface area contributed by atoms with Gasteiger partial charge in [0, 0.05) is 0 Å². The first-order valence-electron chi connectivity index (χ1n) is 3.72. The van der Waals surface area contributed by atoms with E-state index in [4.69, 9.17) is 5.11 Å². The molecule has 0 saturated carbocycles. The van der Waals surface area contributed by atoms with Crippen molar-refractivity contribution in [1.29, 1.82) is 0 Å². The summed E-state index contributed by atoms with van der Waals surface area (Å²) in [4.78, 5) is 10.5. The molecule has 0 rings (SSSR count). The number of carbonyl (C=O) groups is 1. The summed E-state index contributed by atoms with van der Waals surface area (Å²) in [5.41, 5.74) is 0. The molecule has 0 aliphatic rings. The van der Waals surface area contributed by atoms with Gasteiger partial charge < -0.3 is 0 Å². The van der Waals surface area contributed by atoms with E-state index < -0.39 is 0 Å². The van der Waals surface area contributed by atoms with E-state index in [9.17, 15) is 4.79 Å². The zero-order chi connectivity index (χ0) is 8.69. The van der Waals surface area contributed by atoms with Crippen molar-refractivity contribution < 1.29 is 9.90 Å². The van der Waals surface area contributed by atoms with Crippen LogP contribution in [0, 0.1) is 0 Å². The van der Waals surface area contributed by atoms with Gasteiger partial charge in [0.05, 0.1) is 0 Å². The van der Waals surface area contributed by atoms with Crippen molar-refractivity contribution in [3.8, 4) is 0 Å². The average Bonchev–Trinajstić information content (AvgIpc) is 1.97. The Labute approximate surface area is 80.6 Å². The number of ketones is 1. The van der Waals surface area contributed by atoms with Crippen molar-refractivity contribution in [2.75, 3.05) is 6.54 Å². The maximum atomic E-state index is 10.5. The second kappa shape index (κ2) is 7.06. The fourth-order valence-electron chi connectivity index (χ4n) is 0.678. The number of aliphatic hydroxyl groups is 1. The second-order valence-corrected chi connectivity index (χ2v) is 3.64. The molecule has 0 aliphatic carbocycles. The molecular formula is C7H14NO2Sn. The van der Waals surface area contributed by atoms with Crippen LogP contribution in [-0.2, 0) is 4.79 Å². The molecule has 1 atom stereocenters. The minimum absolute atomic E-state index is 0.212. The first-order valence-corrected chi connectivity index (χ1v) is 5.74. The Hall–Kier alpha value is 0.389. The van der Waals surface area contributed by atoms with Crippen LogP contribution in [0.25, 0.3) is 0 Å². The molecule has 0 aromatic heterocycles. The molecule has 3 radical (unpaired) electrons. The van der Waals surface area contributed by atoms with Crippen LogP contribution in [0.5, 0.6) is 0 Å². The molecule has 0 aromatic carbocycles. The Balaban J connectivity index is 3.08. The van der Waals surface area contributed by atoms with Gasteiger partial charge in [0.15, 0.2) is 0 Å². The fourth-order valence-corrected chi connectivity index (χ4v) is 1.09. The van der Waals surface area contributed by atoms with Crippen molar-refractivity contribution >= 4 is 28.3 Å². The summed E-state index contributed by atoms with van der Waals surface area (Å²) >= 11 is 1.32. The van der Waals surface area contributed by atoms with Crippen molar-refractivity contribution in [2.45, 2.75) is 30.4 Å². The maximum absolute atomic E-state index is 10.5. The topological polar surface area (TPSA) is 49.3 Å². The van der Waals surface area contributed by atoms with E-state index in [0.29, 0.717) is 6.42 Å². The van der Waals surface area contributed by atoms with E-state index in [0.717, 1.165) is 17.4 Å². The third kappa shape index (κ3) is 8.29. The number of hydrogen-bond donors (Lipinski definition) is 2. The first-order chi connectivity index (χ1) is 5.16. The van der Waals surface area contributed by atoms with Gasteiger partial charge >= 0.3 is 80.5 Å². The number of rotatable bonds is 6. The van der Waals surface area contributed by atoms with E-state index in [-0.39, 0.29) is 12.0 Å².